The number of carbonyl (C=O) groups excluding carboxylic acids is 1. The topological polar surface area (TPSA) is 89.8 Å². The Morgan fingerprint density at radius 1 is 0.758 bits per heavy atom. The van der Waals surface area contributed by atoms with Crippen LogP contribution in [-0.2, 0) is 4.79 Å². The number of carbonyl (C=O) groups is 1. The van der Waals surface area contributed by atoms with Crippen molar-refractivity contribution in [2.24, 2.45) is 0 Å². The zero-order valence-corrected chi connectivity index (χ0v) is 21.5. The van der Waals surface area contributed by atoms with Crippen LogP contribution in [0.4, 0.5) is 0 Å². The average Bonchev–Trinajstić information content (AvgIpc) is 2.82. The summed E-state index contributed by atoms with van der Waals surface area (Å²) in [6.45, 7) is 3.97. The average molecular weight is 468 g/mol. The number of hydrogen-bond donors (Lipinski definition) is 4. The number of hydrogen-bond acceptors (Lipinski definition) is 4. The molecule has 0 aromatic rings. The van der Waals surface area contributed by atoms with E-state index in [1.54, 1.807) is 0 Å². The first-order chi connectivity index (χ1) is 16.1. The van der Waals surface area contributed by atoms with E-state index in [9.17, 15) is 20.1 Å². The Kier molecular flexibility index (Phi) is 23.1. The maximum atomic E-state index is 12.2. The fourth-order valence-corrected chi connectivity index (χ4v) is 3.89. The van der Waals surface area contributed by atoms with E-state index in [1.165, 1.54) is 44.9 Å². The summed E-state index contributed by atoms with van der Waals surface area (Å²) in [5.41, 5.74) is 0. The van der Waals surface area contributed by atoms with Crippen molar-refractivity contribution >= 4 is 5.91 Å². The second kappa shape index (κ2) is 24.0. The first-order valence-corrected chi connectivity index (χ1v) is 13.6. The summed E-state index contributed by atoms with van der Waals surface area (Å²) in [4.78, 5) is 12.2. The van der Waals surface area contributed by atoms with Gasteiger partial charge >= 0.3 is 0 Å². The second-order valence-electron chi connectivity index (χ2n) is 9.21. The predicted molar refractivity (Wildman–Crippen MR) is 139 cm³/mol. The molecule has 0 fully saturated rings. The van der Waals surface area contributed by atoms with E-state index < -0.39 is 18.2 Å². The summed E-state index contributed by atoms with van der Waals surface area (Å²) in [7, 11) is 0. The molecule has 1 amide bonds. The summed E-state index contributed by atoms with van der Waals surface area (Å²) in [6, 6.07) is -0.823. The van der Waals surface area contributed by atoms with Gasteiger partial charge in [-0.05, 0) is 44.9 Å². The van der Waals surface area contributed by atoms with Crippen molar-refractivity contribution in [2.45, 2.75) is 141 Å². The Hall–Kier alpha value is -1.17. The highest BCUT2D eigenvalue weighted by Crippen LogP contribution is 2.12. The molecule has 0 saturated heterocycles. The Morgan fingerprint density at radius 3 is 1.88 bits per heavy atom. The molecule has 3 atom stereocenters. The molecule has 0 rings (SSSR count). The quantitative estimate of drug-likeness (QED) is 0.110. The molecular formula is C28H53NO4. The van der Waals surface area contributed by atoms with Crippen LogP contribution < -0.4 is 5.32 Å². The van der Waals surface area contributed by atoms with Gasteiger partial charge in [0.05, 0.1) is 18.8 Å². The maximum Gasteiger partial charge on any atom is 0.220 e. The Morgan fingerprint density at radius 2 is 1.30 bits per heavy atom. The molecule has 0 spiro atoms. The zero-order chi connectivity index (χ0) is 24.6. The van der Waals surface area contributed by atoms with Gasteiger partial charge in [-0.2, -0.15) is 0 Å². The third-order valence-corrected chi connectivity index (χ3v) is 6.05. The molecule has 3 unspecified atom stereocenters. The highest BCUT2D eigenvalue weighted by atomic mass is 16.3. The molecule has 194 valence electrons. The number of nitrogens with one attached hydrogen (secondary N) is 1. The standard InChI is InChI=1S/C28H53NO4/c1-3-5-7-9-11-13-15-17-19-21-23-27(32)29-25(24-30)28(33)26(31)22-20-18-16-14-12-10-8-6-4-2/h6,8,14,16,25-26,28,30-31,33H,3-5,7,9-13,15,17-24H2,1-2H3,(H,29,32)/b8-6+,16-14+. The van der Waals surface area contributed by atoms with Crippen LogP contribution in [0.5, 0.6) is 0 Å². The Balaban J connectivity index is 3.89. The van der Waals surface area contributed by atoms with Gasteiger partial charge in [0.25, 0.3) is 0 Å². The van der Waals surface area contributed by atoms with Crippen molar-refractivity contribution in [1.29, 1.82) is 0 Å². The molecule has 0 aliphatic heterocycles. The molecule has 33 heavy (non-hydrogen) atoms. The van der Waals surface area contributed by atoms with Crippen molar-refractivity contribution in [3.05, 3.63) is 24.3 Å². The molecule has 0 aromatic carbocycles. The summed E-state index contributed by atoms with van der Waals surface area (Å²) < 4.78 is 0. The summed E-state index contributed by atoms with van der Waals surface area (Å²) in [6.07, 6.45) is 24.2. The van der Waals surface area contributed by atoms with E-state index in [-0.39, 0.29) is 12.5 Å². The van der Waals surface area contributed by atoms with Crippen molar-refractivity contribution in [3.8, 4) is 0 Å². The predicted octanol–water partition coefficient (Wildman–Crippen LogP) is 5.97. The number of rotatable bonds is 23. The normalized spacial score (nSPS) is 14.7. The number of allylic oxidation sites excluding steroid dienone is 4. The smallest absolute Gasteiger partial charge is 0.220 e. The van der Waals surface area contributed by atoms with E-state index in [1.807, 2.05) is 0 Å². The van der Waals surface area contributed by atoms with Crippen LogP contribution in [0, 0.1) is 0 Å². The van der Waals surface area contributed by atoms with Crippen LogP contribution in [0.2, 0.25) is 0 Å². The summed E-state index contributed by atoms with van der Waals surface area (Å²) in [5.74, 6) is -0.167. The minimum Gasteiger partial charge on any atom is -0.394 e. The number of unbranched alkanes of at least 4 members (excludes halogenated alkanes) is 11. The van der Waals surface area contributed by atoms with Crippen molar-refractivity contribution in [2.75, 3.05) is 6.61 Å². The van der Waals surface area contributed by atoms with Crippen LogP contribution in [0.1, 0.15) is 123 Å². The van der Waals surface area contributed by atoms with E-state index in [2.05, 4.69) is 43.5 Å². The number of aliphatic hydroxyl groups excluding tert-OH is 3. The lowest BCUT2D eigenvalue weighted by molar-refractivity contribution is -0.124. The van der Waals surface area contributed by atoms with Crippen molar-refractivity contribution < 1.29 is 20.1 Å². The molecule has 4 N–H and O–H groups in total. The molecule has 0 saturated carbocycles. The fraction of sp³-hybridized carbons (Fsp3) is 0.821. The summed E-state index contributed by atoms with van der Waals surface area (Å²) in [5, 5.41) is 32.9. The van der Waals surface area contributed by atoms with Crippen LogP contribution in [-0.4, -0.2) is 46.1 Å². The molecule has 5 heteroatoms. The van der Waals surface area contributed by atoms with Crippen LogP contribution in [0.15, 0.2) is 24.3 Å². The highest BCUT2D eigenvalue weighted by Gasteiger charge is 2.26. The summed E-state index contributed by atoms with van der Waals surface area (Å²) >= 11 is 0. The lowest BCUT2D eigenvalue weighted by Crippen LogP contribution is -2.50. The monoisotopic (exact) mass is 467 g/mol. The second-order valence-corrected chi connectivity index (χ2v) is 9.21. The van der Waals surface area contributed by atoms with Gasteiger partial charge in [0.1, 0.15) is 6.10 Å². The van der Waals surface area contributed by atoms with Gasteiger partial charge in [-0.1, -0.05) is 95.9 Å². The fourth-order valence-electron chi connectivity index (χ4n) is 3.89. The molecule has 0 bridgehead atoms. The lowest BCUT2D eigenvalue weighted by Gasteiger charge is -2.26. The van der Waals surface area contributed by atoms with Crippen molar-refractivity contribution in [3.63, 3.8) is 0 Å². The van der Waals surface area contributed by atoms with Crippen LogP contribution in [0.3, 0.4) is 0 Å². The van der Waals surface area contributed by atoms with E-state index in [0.717, 1.165) is 51.4 Å². The van der Waals surface area contributed by atoms with Gasteiger partial charge < -0.3 is 20.6 Å². The Labute approximate surface area is 203 Å². The molecule has 0 aromatic heterocycles. The van der Waals surface area contributed by atoms with Gasteiger partial charge in [-0.15, -0.1) is 0 Å². The molecule has 0 aliphatic carbocycles. The van der Waals surface area contributed by atoms with Crippen molar-refractivity contribution in [1.82, 2.24) is 5.32 Å². The third kappa shape index (κ3) is 20.0. The first kappa shape index (κ1) is 31.8. The first-order valence-electron chi connectivity index (χ1n) is 13.6. The van der Waals surface area contributed by atoms with Gasteiger partial charge in [0, 0.05) is 6.42 Å². The van der Waals surface area contributed by atoms with E-state index in [0.29, 0.717) is 12.8 Å². The molecule has 0 heterocycles. The number of aliphatic hydroxyl groups is 3. The molecule has 5 nitrogen and oxygen atoms in total. The maximum absolute atomic E-state index is 12.2. The van der Waals surface area contributed by atoms with E-state index >= 15 is 0 Å². The van der Waals surface area contributed by atoms with Crippen LogP contribution >= 0.6 is 0 Å². The minimum atomic E-state index is -1.16. The van der Waals surface area contributed by atoms with Gasteiger partial charge in [-0.25, -0.2) is 0 Å². The minimum absolute atomic E-state index is 0.167. The van der Waals surface area contributed by atoms with Gasteiger partial charge in [0.15, 0.2) is 0 Å². The lowest BCUT2D eigenvalue weighted by atomic mass is 10.0. The van der Waals surface area contributed by atoms with Crippen LogP contribution in [0.25, 0.3) is 0 Å². The zero-order valence-electron chi connectivity index (χ0n) is 21.5. The van der Waals surface area contributed by atoms with Gasteiger partial charge in [-0.3, -0.25) is 4.79 Å². The van der Waals surface area contributed by atoms with Gasteiger partial charge in [0.2, 0.25) is 5.91 Å². The molecular weight excluding hydrogens is 414 g/mol. The Bertz CT molecular complexity index is 492. The highest BCUT2D eigenvalue weighted by molar-refractivity contribution is 5.76. The largest absolute Gasteiger partial charge is 0.394 e. The molecule has 0 aliphatic rings. The SMILES string of the molecule is CC/C=C/CC/C=C/CCCC(O)C(O)C(CO)NC(=O)CCCCCCCCCCCC. The van der Waals surface area contributed by atoms with E-state index in [4.69, 9.17) is 0 Å². The number of amides is 1. The molecule has 0 radical (unpaired) electrons. The third-order valence-electron chi connectivity index (χ3n) is 6.05.